The number of nitrogens with one attached hydrogen (secondary N) is 1. The minimum Gasteiger partial charge on any atom is -0.493 e. The molecule has 0 unspecified atom stereocenters. The first-order valence-electron chi connectivity index (χ1n) is 13.0. The van der Waals surface area contributed by atoms with Crippen molar-refractivity contribution >= 4 is 17.2 Å². The number of carbonyl (C=O) groups excluding carboxylic acids is 1. The lowest BCUT2D eigenvalue weighted by molar-refractivity contribution is -0.137. The van der Waals surface area contributed by atoms with Gasteiger partial charge in [-0.3, -0.25) is 4.79 Å². The van der Waals surface area contributed by atoms with E-state index in [1.807, 2.05) is 4.90 Å². The number of ether oxygens (including phenoxy) is 2. The summed E-state index contributed by atoms with van der Waals surface area (Å²) >= 11 is 0. The van der Waals surface area contributed by atoms with Crippen LogP contribution >= 0.6 is 0 Å². The van der Waals surface area contributed by atoms with Crippen molar-refractivity contribution in [2.75, 3.05) is 37.8 Å². The lowest BCUT2D eigenvalue weighted by atomic mass is 9.99. The fraction of sp³-hybridized carbons (Fsp3) is 0.310. The average molecular weight is 555 g/mol. The predicted octanol–water partition coefficient (Wildman–Crippen LogP) is 5.56. The van der Waals surface area contributed by atoms with Gasteiger partial charge in [0.2, 0.25) is 0 Å². The van der Waals surface area contributed by atoms with Gasteiger partial charge in [-0.15, -0.1) is 0 Å². The van der Waals surface area contributed by atoms with Crippen molar-refractivity contribution in [1.29, 1.82) is 0 Å². The monoisotopic (exact) mass is 554 g/mol. The van der Waals surface area contributed by atoms with Crippen LogP contribution in [0.1, 0.15) is 39.6 Å². The second kappa shape index (κ2) is 10.1. The molecule has 2 aliphatic rings. The largest absolute Gasteiger partial charge is 0.493 e. The van der Waals surface area contributed by atoms with E-state index in [-0.39, 0.29) is 5.91 Å². The van der Waals surface area contributed by atoms with E-state index < -0.39 is 23.6 Å². The molecule has 11 heteroatoms. The Morgan fingerprint density at radius 1 is 1.02 bits per heavy atom. The Morgan fingerprint density at radius 2 is 1.77 bits per heavy atom. The third-order valence-electron chi connectivity index (χ3n) is 7.32. The Labute approximate surface area is 227 Å². The number of carbonyl (C=O) groups is 1. The number of aryl methyl sites for hydroxylation is 1. The Hall–Kier alpha value is -4.12. The summed E-state index contributed by atoms with van der Waals surface area (Å²) in [7, 11) is 0. The minimum absolute atomic E-state index is 0.352. The zero-order valence-electron chi connectivity index (χ0n) is 21.6. The topological polar surface area (TPSA) is 68.1 Å². The number of hydrogen-bond donors (Lipinski definition) is 1. The lowest BCUT2D eigenvalue weighted by Crippen LogP contribution is -2.40. The number of halogens is 4. The number of morpholine rings is 1. The van der Waals surface area contributed by atoms with Crippen LogP contribution in [0.2, 0.25) is 0 Å². The smallest absolute Gasteiger partial charge is 0.416 e. The summed E-state index contributed by atoms with van der Waals surface area (Å²) in [4.78, 5) is 15.8. The molecule has 1 atom stereocenters. The lowest BCUT2D eigenvalue weighted by Gasteiger charge is -2.31. The van der Waals surface area contributed by atoms with Crippen molar-refractivity contribution in [1.82, 2.24) is 14.9 Å². The molecule has 0 bridgehead atoms. The number of rotatable bonds is 4. The summed E-state index contributed by atoms with van der Waals surface area (Å²) in [5, 5.41) is 7.78. The van der Waals surface area contributed by atoms with Gasteiger partial charge in [0.15, 0.2) is 0 Å². The van der Waals surface area contributed by atoms with Crippen molar-refractivity contribution in [2.24, 2.45) is 0 Å². The zero-order chi connectivity index (χ0) is 28.0. The summed E-state index contributed by atoms with van der Waals surface area (Å²) in [6, 6.07) is 12.2. The number of alkyl halides is 3. The second-order valence-electron chi connectivity index (χ2n) is 9.85. The third kappa shape index (κ3) is 4.74. The van der Waals surface area contributed by atoms with Crippen LogP contribution in [0.5, 0.6) is 5.75 Å². The molecule has 1 N–H and O–H groups in total. The van der Waals surface area contributed by atoms with Gasteiger partial charge in [0, 0.05) is 30.6 Å². The molecule has 4 aromatic rings. The highest BCUT2D eigenvalue weighted by atomic mass is 19.4. The fourth-order valence-electron chi connectivity index (χ4n) is 5.40. The molecular weight excluding hydrogens is 528 g/mol. The maximum Gasteiger partial charge on any atom is 0.416 e. The molecule has 7 nitrogen and oxygen atoms in total. The van der Waals surface area contributed by atoms with Gasteiger partial charge >= 0.3 is 6.18 Å². The standard InChI is InChI=1S/C29H26F4N4O3/c1-17-26(18-2-4-19(5-3-18)29(31,32)33)24-8-7-21(28(37(24)35-17)36-11-14-39-15-12-36)27(38)34-23-10-13-40-25-9-6-20(30)16-22(23)25/h2-9,16,23H,10-15H2,1H3,(H,34,38)/t23-/m0/s1. The number of nitrogens with zero attached hydrogens (tertiary/aromatic N) is 3. The highest BCUT2D eigenvalue weighted by Gasteiger charge is 2.31. The van der Waals surface area contributed by atoms with E-state index in [1.54, 1.807) is 29.6 Å². The van der Waals surface area contributed by atoms with Crippen LogP contribution in [0.3, 0.4) is 0 Å². The summed E-state index contributed by atoms with van der Waals surface area (Å²) in [6.45, 7) is 4.16. The maximum atomic E-state index is 14.0. The van der Waals surface area contributed by atoms with Crippen molar-refractivity contribution in [3.63, 3.8) is 0 Å². The SMILES string of the molecule is Cc1nn2c(N3CCOCC3)c(C(=O)N[C@H]3CCOc4ccc(F)cc43)ccc2c1-c1ccc(C(F)(F)F)cc1. The van der Waals surface area contributed by atoms with Crippen LogP contribution in [0.25, 0.3) is 16.6 Å². The summed E-state index contributed by atoms with van der Waals surface area (Å²) in [5.74, 6) is 0.327. The van der Waals surface area contributed by atoms with Crippen molar-refractivity contribution in [3.05, 3.63) is 82.8 Å². The van der Waals surface area contributed by atoms with Gasteiger partial charge in [-0.1, -0.05) is 12.1 Å². The van der Waals surface area contributed by atoms with Gasteiger partial charge in [0.1, 0.15) is 17.4 Å². The molecule has 4 heterocycles. The molecular formula is C29H26F4N4O3. The van der Waals surface area contributed by atoms with Crippen LogP contribution in [0, 0.1) is 12.7 Å². The average Bonchev–Trinajstić information content (AvgIpc) is 3.28. The molecule has 2 aliphatic heterocycles. The van der Waals surface area contributed by atoms with Crippen molar-refractivity contribution in [3.8, 4) is 16.9 Å². The van der Waals surface area contributed by atoms with Crippen LogP contribution < -0.4 is 15.0 Å². The highest BCUT2D eigenvalue weighted by molar-refractivity contribution is 6.01. The van der Waals surface area contributed by atoms with E-state index in [2.05, 4.69) is 5.32 Å². The first-order valence-corrected chi connectivity index (χ1v) is 13.0. The second-order valence-corrected chi connectivity index (χ2v) is 9.85. The van der Waals surface area contributed by atoms with Crippen LogP contribution in [0.4, 0.5) is 23.4 Å². The van der Waals surface area contributed by atoms with Crippen LogP contribution in [-0.2, 0) is 10.9 Å². The van der Waals surface area contributed by atoms with Crippen LogP contribution in [-0.4, -0.2) is 48.4 Å². The van der Waals surface area contributed by atoms with E-state index in [4.69, 9.17) is 14.6 Å². The number of aromatic nitrogens is 2. The molecule has 2 aromatic carbocycles. The van der Waals surface area contributed by atoms with Crippen molar-refractivity contribution in [2.45, 2.75) is 25.6 Å². The van der Waals surface area contributed by atoms with Crippen LogP contribution in [0.15, 0.2) is 54.6 Å². The number of hydrogen-bond acceptors (Lipinski definition) is 5. The Bertz CT molecular complexity index is 1580. The number of benzene rings is 2. The van der Waals surface area contributed by atoms with Gasteiger partial charge in [0.25, 0.3) is 5.91 Å². The molecule has 1 amide bonds. The van der Waals surface area contributed by atoms with Gasteiger partial charge < -0.3 is 19.7 Å². The normalized spacial score (nSPS) is 17.4. The number of anilines is 1. The molecule has 6 rings (SSSR count). The van der Waals surface area contributed by atoms with Gasteiger partial charge in [-0.25, -0.2) is 8.91 Å². The third-order valence-corrected chi connectivity index (χ3v) is 7.32. The minimum atomic E-state index is -4.43. The molecule has 2 aromatic heterocycles. The van der Waals surface area contributed by atoms with Crippen molar-refractivity contribution < 1.29 is 31.8 Å². The summed E-state index contributed by atoms with van der Waals surface area (Å²) < 4.78 is 66.3. The predicted molar refractivity (Wildman–Crippen MR) is 140 cm³/mol. The van der Waals surface area contributed by atoms with Gasteiger partial charge in [-0.05, 0) is 55.0 Å². The maximum absolute atomic E-state index is 14.0. The number of fused-ring (bicyclic) bond motifs is 2. The quantitative estimate of drug-likeness (QED) is 0.335. The fourth-order valence-corrected chi connectivity index (χ4v) is 5.40. The molecule has 208 valence electrons. The van der Waals surface area contributed by atoms with E-state index in [0.717, 1.165) is 12.1 Å². The van der Waals surface area contributed by atoms with Gasteiger partial charge in [0.05, 0.1) is 48.2 Å². The summed E-state index contributed by atoms with van der Waals surface area (Å²) in [5.41, 5.74) is 2.77. The van der Waals surface area contributed by atoms with E-state index >= 15 is 0 Å². The van der Waals surface area contributed by atoms with Gasteiger partial charge in [-0.2, -0.15) is 18.3 Å². The molecule has 0 aliphatic carbocycles. The number of pyridine rings is 1. The Morgan fingerprint density at radius 3 is 2.50 bits per heavy atom. The molecule has 1 fully saturated rings. The molecule has 40 heavy (non-hydrogen) atoms. The summed E-state index contributed by atoms with van der Waals surface area (Å²) in [6.07, 6.45) is -3.95. The molecule has 0 saturated carbocycles. The first-order chi connectivity index (χ1) is 19.2. The highest BCUT2D eigenvalue weighted by Crippen LogP contribution is 2.37. The van der Waals surface area contributed by atoms with E-state index in [0.29, 0.717) is 84.4 Å². The van der Waals surface area contributed by atoms with E-state index in [9.17, 15) is 22.4 Å². The molecule has 1 saturated heterocycles. The Kier molecular flexibility index (Phi) is 6.61. The first kappa shape index (κ1) is 26.1. The molecule has 0 spiro atoms. The Balaban J connectivity index is 1.42. The van der Waals surface area contributed by atoms with E-state index in [1.165, 1.54) is 24.3 Å². The molecule has 0 radical (unpaired) electrons. The zero-order valence-corrected chi connectivity index (χ0v) is 21.6. The number of amides is 1.